The van der Waals surface area contributed by atoms with Gasteiger partial charge in [-0.05, 0) is 42.8 Å². The number of hydrogen-bond acceptors (Lipinski definition) is 6. The number of nitrogen functional groups attached to an aromatic ring is 1. The van der Waals surface area contributed by atoms with Gasteiger partial charge in [0.05, 0.1) is 0 Å². The molecule has 4 rings (SSSR count). The number of rotatable bonds is 3. The number of ether oxygens (including phenoxy) is 1. The number of fused-ring (bicyclic) bond motifs is 1. The Labute approximate surface area is 146 Å². The van der Waals surface area contributed by atoms with Crippen LogP contribution in [0.2, 0.25) is 0 Å². The van der Waals surface area contributed by atoms with E-state index in [0.29, 0.717) is 11.5 Å². The number of esters is 1. The van der Waals surface area contributed by atoms with Crippen molar-refractivity contribution in [3.63, 3.8) is 0 Å². The summed E-state index contributed by atoms with van der Waals surface area (Å²) in [6.07, 6.45) is -0.969. The number of halogens is 2. The zero-order valence-corrected chi connectivity index (χ0v) is 13.6. The molecule has 132 valence electrons. The number of aromatic nitrogens is 2. The fourth-order valence-electron chi connectivity index (χ4n) is 2.95. The summed E-state index contributed by atoms with van der Waals surface area (Å²) in [5.41, 5.74) is 6.41. The summed E-state index contributed by atoms with van der Waals surface area (Å²) in [5.74, 6) is -0.931. The molecule has 8 heteroatoms. The average molecular weight is 357 g/mol. The maximum Gasteiger partial charge on any atom is 0.343 e. The largest absolute Gasteiger partial charge is 0.460 e. The molecular formula is C18H13F2N3O3. The third-order valence-electron chi connectivity index (χ3n) is 4.10. The molecule has 6 nitrogen and oxygen atoms in total. The number of furan rings is 1. The zero-order chi connectivity index (χ0) is 18.4. The van der Waals surface area contributed by atoms with Gasteiger partial charge in [0.25, 0.3) is 0 Å². The van der Waals surface area contributed by atoms with Crippen molar-refractivity contribution in [3.8, 4) is 11.5 Å². The van der Waals surface area contributed by atoms with E-state index in [0.717, 1.165) is 18.2 Å². The standard InChI is InChI=1S/C18H13F2N3O3/c1-8-2-5-12(25-8)15-14-16(23-18(21)22-15)13(26-17(14)24)7-9-6-10(19)3-4-11(9)20/h2-6,13H,7H2,1H3,(H2,21,22,23). The van der Waals surface area contributed by atoms with Crippen LogP contribution < -0.4 is 5.73 Å². The van der Waals surface area contributed by atoms with Crippen LogP contribution in [0.15, 0.2) is 34.7 Å². The monoisotopic (exact) mass is 357 g/mol. The van der Waals surface area contributed by atoms with Crippen LogP contribution in [0.5, 0.6) is 0 Å². The molecule has 1 aromatic carbocycles. The average Bonchev–Trinajstić information content (AvgIpc) is 3.15. The molecule has 0 saturated heterocycles. The van der Waals surface area contributed by atoms with Gasteiger partial charge < -0.3 is 14.9 Å². The number of hydrogen-bond donors (Lipinski definition) is 1. The Hall–Kier alpha value is -3.29. The van der Waals surface area contributed by atoms with Crippen LogP contribution in [-0.2, 0) is 11.2 Å². The third kappa shape index (κ3) is 2.69. The van der Waals surface area contributed by atoms with Crippen molar-refractivity contribution in [2.24, 2.45) is 0 Å². The maximum atomic E-state index is 13.9. The summed E-state index contributed by atoms with van der Waals surface area (Å²) in [6.45, 7) is 1.75. The Bertz CT molecular complexity index is 1030. The molecule has 1 aliphatic rings. The Morgan fingerprint density at radius 3 is 2.73 bits per heavy atom. The van der Waals surface area contributed by atoms with Crippen LogP contribution in [0, 0.1) is 18.6 Å². The second-order valence-electron chi connectivity index (χ2n) is 5.93. The van der Waals surface area contributed by atoms with Crippen LogP contribution >= 0.6 is 0 Å². The van der Waals surface area contributed by atoms with Gasteiger partial charge in [-0.3, -0.25) is 0 Å². The summed E-state index contributed by atoms with van der Waals surface area (Å²) in [7, 11) is 0. The van der Waals surface area contributed by atoms with E-state index < -0.39 is 23.7 Å². The van der Waals surface area contributed by atoms with Gasteiger partial charge in [0.1, 0.15) is 40.4 Å². The number of nitrogens with two attached hydrogens (primary N) is 1. The van der Waals surface area contributed by atoms with Crippen LogP contribution in [0.4, 0.5) is 14.7 Å². The van der Waals surface area contributed by atoms with E-state index in [4.69, 9.17) is 14.9 Å². The lowest BCUT2D eigenvalue weighted by molar-refractivity contribution is 0.0381. The van der Waals surface area contributed by atoms with E-state index in [-0.39, 0.29) is 34.9 Å². The highest BCUT2D eigenvalue weighted by Gasteiger charge is 2.38. The Kier molecular flexibility index (Phi) is 3.68. The fourth-order valence-corrected chi connectivity index (χ4v) is 2.95. The van der Waals surface area contributed by atoms with Crippen molar-refractivity contribution in [2.75, 3.05) is 5.73 Å². The first-order valence-corrected chi connectivity index (χ1v) is 7.81. The Balaban J connectivity index is 1.79. The van der Waals surface area contributed by atoms with Crippen molar-refractivity contribution in [3.05, 3.63) is 64.5 Å². The molecule has 1 aliphatic heterocycles. The first kappa shape index (κ1) is 16.2. The van der Waals surface area contributed by atoms with Gasteiger partial charge in [-0.25, -0.2) is 23.5 Å². The van der Waals surface area contributed by atoms with Crippen molar-refractivity contribution in [2.45, 2.75) is 19.4 Å². The molecule has 0 spiro atoms. The molecule has 0 aliphatic carbocycles. The minimum Gasteiger partial charge on any atom is -0.460 e. The Morgan fingerprint density at radius 2 is 2.00 bits per heavy atom. The predicted octanol–water partition coefficient (Wildman–Crippen LogP) is 3.36. The first-order chi connectivity index (χ1) is 12.4. The van der Waals surface area contributed by atoms with E-state index in [1.165, 1.54) is 0 Å². The molecule has 1 atom stereocenters. The lowest BCUT2D eigenvalue weighted by atomic mass is 10.0. The van der Waals surface area contributed by atoms with Crippen LogP contribution in [0.25, 0.3) is 11.5 Å². The second-order valence-corrected chi connectivity index (χ2v) is 5.93. The molecular weight excluding hydrogens is 344 g/mol. The lowest BCUT2D eigenvalue weighted by Gasteiger charge is -2.11. The number of anilines is 1. The van der Waals surface area contributed by atoms with Crippen molar-refractivity contribution in [1.82, 2.24) is 9.97 Å². The second kappa shape index (κ2) is 5.91. The molecule has 0 amide bonds. The van der Waals surface area contributed by atoms with E-state index >= 15 is 0 Å². The van der Waals surface area contributed by atoms with Gasteiger partial charge in [0.2, 0.25) is 5.95 Å². The predicted molar refractivity (Wildman–Crippen MR) is 87.1 cm³/mol. The lowest BCUT2D eigenvalue weighted by Crippen LogP contribution is -2.08. The molecule has 0 fully saturated rings. The number of carbonyl (C=O) groups is 1. The van der Waals surface area contributed by atoms with Crippen LogP contribution in [-0.4, -0.2) is 15.9 Å². The highest BCUT2D eigenvalue weighted by atomic mass is 19.1. The molecule has 0 saturated carbocycles. The van der Waals surface area contributed by atoms with Gasteiger partial charge in [-0.2, -0.15) is 0 Å². The minimum atomic E-state index is -0.895. The third-order valence-corrected chi connectivity index (χ3v) is 4.10. The fraction of sp³-hybridized carbons (Fsp3) is 0.167. The van der Waals surface area contributed by atoms with Gasteiger partial charge >= 0.3 is 5.97 Å². The van der Waals surface area contributed by atoms with Crippen molar-refractivity contribution < 1.29 is 22.7 Å². The highest BCUT2D eigenvalue weighted by molar-refractivity contribution is 5.99. The quantitative estimate of drug-likeness (QED) is 0.723. The zero-order valence-electron chi connectivity index (χ0n) is 13.6. The molecule has 2 aromatic heterocycles. The van der Waals surface area contributed by atoms with E-state index in [1.807, 2.05) is 0 Å². The normalized spacial score (nSPS) is 15.8. The summed E-state index contributed by atoms with van der Waals surface area (Å²) in [5, 5.41) is 0. The smallest absolute Gasteiger partial charge is 0.343 e. The van der Waals surface area contributed by atoms with E-state index in [1.54, 1.807) is 19.1 Å². The van der Waals surface area contributed by atoms with Crippen LogP contribution in [0.1, 0.15) is 33.5 Å². The van der Waals surface area contributed by atoms with Gasteiger partial charge in [0, 0.05) is 6.42 Å². The van der Waals surface area contributed by atoms with Crippen molar-refractivity contribution in [1.29, 1.82) is 0 Å². The minimum absolute atomic E-state index is 0.0724. The summed E-state index contributed by atoms with van der Waals surface area (Å²) < 4.78 is 38.2. The van der Waals surface area contributed by atoms with E-state index in [2.05, 4.69) is 9.97 Å². The molecule has 2 N–H and O–H groups in total. The molecule has 0 bridgehead atoms. The van der Waals surface area contributed by atoms with Crippen LogP contribution in [0.3, 0.4) is 0 Å². The molecule has 1 unspecified atom stereocenters. The summed E-state index contributed by atoms with van der Waals surface area (Å²) in [6, 6.07) is 6.48. The molecule has 26 heavy (non-hydrogen) atoms. The maximum absolute atomic E-state index is 13.9. The van der Waals surface area contributed by atoms with Crippen molar-refractivity contribution >= 4 is 11.9 Å². The summed E-state index contributed by atoms with van der Waals surface area (Å²) in [4.78, 5) is 20.6. The SMILES string of the molecule is Cc1ccc(-c2nc(N)nc3c2C(=O)OC3Cc2cc(F)ccc2F)o1. The molecule has 3 aromatic rings. The summed E-state index contributed by atoms with van der Waals surface area (Å²) >= 11 is 0. The highest BCUT2D eigenvalue weighted by Crippen LogP contribution is 2.38. The number of aryl methyl sites for hydroxylation is 1. The number of cyclic esters (lactones) is 1. The first-order valence-electron chi connectivity index (χ1n) is 7.81. The topological polar surface area (TPSA) is 91.2 Å². The van der Waals surface area contributed by atoms with Gasteiger partial charge in [-0.15, -0.1) is 0 Å². The van der Waals surface area contributed by atoms with Gasteiger partial charge in [-0.1, -0.05) is 0 Å². The Morgan fingerprint density at radius 1 is 1.19 bits per heavy atom. The van der Waals surface area contributed by atoms with Gasteiger partial charge in [0.15, 0.2) is 5.76 Å². The number of nitrogens with zero attached hydrogens (tertiary/aromatic N) is 2. The molecule has 3 heterocycles. The molecule has 0 radical (unpaired) electrons. The number of benzene rings is 1. The van der Waals surface area contributed by atoms with E-state index in [9.17, 15) is 13.6 Å². The number of carbonyl (C=O) groups excluding carboxylic acids is 1.